The van der Waals surface area contributed by atoms with Gasteiger partial charge in [-0.05, 0) is 31.9 Å². The van der Waals surface area contributed by atoms with Crippen molar-refractivity contribution in [3.63, 3.8) is 0 Å². The number of allylic oxidation sites excluding steroid dienone is 1. The van der Waals surface area contributed by atoms with Crippen LogP contribution < -0.4 is 17.2 Å². The van der Waals surface area contributed by atoms with Crippen molar-refractivity contribution in [2.75, 3.05) is 12.8 Å². The van der Waals surface area contributed by atoms with E-state index in [-0.39, 0.29) is 23.3 Å². The van der Waals surface area contributed by atoms with E-state index < -0.39 is 11.6 Å². The van der Waals surface area contributed by atoms with Crippen molar-refractivity contribution in [1.29, 1.82) is 0 Å². The molecule has 0 heterocycles. The zero-order valence-electron chi connectivity index (χ0n) is 12.3. The summed E-state index contributed by atoms with van der Waals surface area (Å²) in [5, 5.41) is 0. The molecule has 1 aromatic rings. The van der Waals surface area contributed by atoms with E-state index in [4.69, 9.17) is 17.2 Å². The summed E-state index contributed by atoms with van der Waals surface area (Å²) in [7, 11) is 1.76. The standard InChI is InChI=1S/C15H20F2N4/c1-9(19)10(2)21(3)11(8-18)4-5-12-13(16)6-7-14(20)15(12)17/h6-10H,18-20H2,1-3H3/b11-8-. The molecule has 0 saturated heterocycles. The van der Waals surface area contributed by atoms with E-state index in [2.05, 4.69) is 11.8 Å². The molecule has 2 unspecified atom stereocenters. The first-order chi connectivity index (χ1) is 9.79. The second-order valence-corrected chi connectivity index (χ2v) is 4.84. The van der Waals surface area contributed by atoms with Crippen LogP contribution in [0, 0.1) is 23.5 Å². The molecular formula is C15H20F2N4. The van der Waals surface area contributed by atoms with E-state index in [9.17, 15) is 8.78 Å². The average Bonchev–Trinajstić information content (AvgIpc) is 2.45. The van der Waals surface area contributed by atoms with Gasteiger partial charge in [0.05, 0.1) is 11.3 Å². The minimum absolute atomic E-state index is 0.0374. The Hall–Kier alpha value is -2.26. The van der Waals surface area contributed by atoms with Crippen molar-refractivity contribution < 1.29 is 8.78 Å². The lowest BCUT2D eigenvalue weighted by Gasteiger charge is -2.29. The molecule has 0 radical (unpaired) electrons. The van der Waals surface area contributed by atoms with E-state index in [0.29, 0.717) is 5.70 Å². The molecule has 0 spiro atoms. The van der Waals surface area contributed by atoms with Crippen molar-refractivity contribution >= 4 is 5.69 Å². The highest BCUT2D eigenvalue weighted by Crippen LogP contribution is 2.17. The van der Waals surface area contributed by atoms with Gasteiger partial charge in [0, 0.05) is 25.3 Å². The largest absolute Gasteiger partial charge is 0.402 e. The highest BCUT2D eigenvalue weighted by molar-refractivity contribution is 5.51. The topological polar surface area (TPSA) is 81.3 Å². The zero-order valence-corrected chi connectivity index (χ0v) is 12.3. The number of hydrogen-bond acceptors (Lipinski definition) is 4. The zero-order chi connectivity index (χ0) is 16.2. The number of anilines is 1. The molecule has 0 amide bonds. The Labute approximate surface area is 123 Å². The SMILES string of the molecule is CC(N)C(C)N(C)/C(C#Cc1c(F)ccc(N)c1F)=C\N. The molecule has 0 aliphatic heterocycles. The van der Waals surface area contributed by atoms with Crippen molar-refractivity contribution in [3.05, 3.63) is 41.2 Å². The van der Waals surface area contributed by atoms with E-state index in [1.165, 1.54) is 6.20 Å². The number of hydrogen-bond donors (Lipinski definition) is 3. The molecule has 4 nitrogen and oxygen atoms in total. The first-order valence-corrected chi connectivity index (χ1v) is 6.45. The smallest absolute Gasteiger partial charge is 0.164 e. The molecule has 6 heteroatoms. The molecule has 1 rings (SSSR count). The fraction of sp³-hybridized carbons (Fsp3) is 0.333. The van der Waals surface area contributed by atoms with Gasteiger partial charge in [0.15, 0.2) is 5.82 Å². The number of nitrogen functional groups attached to an aromatic ring is 1. The molecule has 21 heavy (non-hydrogen) atoms. The molecule has 1 aromatic carbocycles. The van der Waals surface area contributed by atoms with Gasteiger partial charge in [-0.2, -0.15) is 0 Å². The number of benzene rings is 1. The average molecular weight is 294 g/mol. The van der Waals surface area contributed by atoms with Crippen molar-refractivity contribution in [2.24, 2.45) is 11.5 Å². The van der Waals surface area contributed by atoms with Crippen LogP contribution in [0.2, 0.25) is 0 Å². The molecule has 0 aliphatic carbocycles. The molecule has 6 N–H and O–H groups in total. The van der Waals surface area contributed by atoms with E-state index in [0.717, 1.165) is 12.1 Å². The van der Waals surface area contributed by atoms with Gasteiger partial charge < -0.3 is 22.1 Å². The lowest BCUT2D eigenvalue weighted by atomic mass is 10.1. The summed E-state index contributed by atoms with van der Waals surface area (Å²) in [5.41, 5.74) is 16.6. The Morgan fingerprint density at radius 3 is 2.48 bits per heavy atom. The number of rotatable bonds is 3. The van der Waals surface area contributed by atoms with Crippen LogP contribution in [-0.4, -0.2) is 24.0 Å². The van der Waals surface area contributed by atoms with Crippen LogP contribution in [0.25, 0.3) is 0 Å². The quantitative estimate of drug-likeness (QED) is 0.581. The van der Waals surface area contributed by atoms with Gasteiger partial charge in [0.1, 0.15) is 11.5 Å². The van der Waals surface area contributed by atoms with E-state index >= 15 is 0 Å². The summed E-state index contributed by atoms with van der Waals surface area (Å²) in [6, 6.07) is 2.07. The minimum atomic E-state index is -0.873. The third kappa shape index (κ3) is 3.86. The summed E-state index contributed by atoms with van der Waals surface area (Å²) >= 11 is 0. The molecule has 0 saturated carbocycles. The van der Waals surface area contributed by atoms with Crippen LogP contribution >= 0.6 is 0 Å². The normalized spacial score (nSPS) is 14.1. The molecule has 0 fully saturated rings. The second kappa shape index (κ2) is 6.95. The monoisotopic (exact) mass is 294 g/mol. The Bertz CT molecular complexity index is 600. The minimum Gasteiger partial charge on any atom is -0.402 e. The Balaban J connectivity index is 3.14. The predicted octanol–water partition coefficient (Wildman–Crippen LogP) is 1.37. The fourth-order valence-corrected chi connectivity index (χ4v) is 1.63. The van der Waals surface area contributed by atoms with Gasteiger partial charge in [-0.3, -0.25) is 0 Å². The van der Waals surface area contributed by atoms with Gasteiger partial charge in [-0.15, -0.1) is 0 Å². The maximum Gasteiger partial charge on any atom is 0.164 e. The van der Waals surface area contributed by atoms with Gasteiger partial charge in [-0.1, -0.05) is 5.92 Å². The molecule has 114 valence electrons. The molecule has 0 aliphatic rings. The first-order valence-electron chi connectivity index (χ1n) is 6.45. The van der Waals surface area contributed by atoms with Crippen LogP contribution in [0.1, 0.15) is 19.4 Å². The molecular weight excluding hydrogens is 274 g/mol. The van der Waals surface area contributed by atoms with Gasteiger partial charge in [0.25, 0.3) is 0 Å². The number of halogens is 2. The highest BCUT2D eigenvalue weighted by Gasteiger charge is 2.15. The summed E-state index contributed by atoms with van der Waals surface area (Å²) in [5.74, 6) is 3.44. The maximum atomic E-state index is 13.8. The number of nitrogens with two attached hydrogens (primary N) is 3. The predicted molar refractivity (Wildman–Crippen MR) is 80.8 cm³/mol. The number of nitrogens with zero attached hydrogens (tertiary/aromatic N) is 1. The summed E-state index contributed by atoms with van der Waals surface area (Å²) < 4.78 is 27.3. The van der Waals surface area contributed by atoms with Crippen LogP contribution in [-0.2, 0) is 0 Å². The maximum absolute atomic E-state index is 13.8. The molecule has 0 bridgehead atoms. The Kier molecular flexibility index (Phi) is 5.56. The molecule has 0 aromatic heterocycles. The van der Waals surface area contributed by atoms with Crippen molar-refractivity contribution in [1.82, 2.24) is 4.90 Å². The fourth-order valence-electron chi connectivity index (χ4n) is 1.63. The highest BCUT2D eigenvalue weighted by atomic mass is 19.1. The molecule has 2 atom stereocenters. The van der Waals surface area contributed by atoms with E-state index in [1.807, 2.05) is 13.8 Å². The van der Waals surface area contributed by atoms with Crippen molar-refractivity contribution in [2.45, 2.75) is 25.9 Å². The van der Waals surface area contributed by atoms with Crippen LogP contribution in [0.3, 0.4) is 0 Å². The summed E-state index contributed by atoms with van der Waals surface area (Å²) in [6.07, 6.45) is 1.27. The Morgan fingerprint density at radius 1 is 1.33 bits per heavy atom. The van der Waals surface area contributed by atoms with Crippen LogP contribution in [0.4, 0.5) is 14.5 Å². The van der Waals surface area contributed by atoms with Gasteiger partial charge in [0.2, 0.25) is 0 Å². The first kappa shape index (κ1) is 16.8. The third-order valence-electron chi connectivity index (χ3n) is 3.35. The lowest BCUT2D eigenvalue weighted by molar-refractivity contribution is 0.299. The van der Waals surface area contributed by atoms with Crippen LogP contribution in [0.15, 0.2) is 24.0 Å². The third-order valence-corrected chi connectivity index (χ3v) is 3.35. The van der Waals surface area contributed by atoms with E-state index in [1.54, 1.807) is 11.9 Å². The van der Waals surface area contributed by atoms with Gasteiger partial charge >= 0.3 is 0 Å². The summed E-state index contributed by atoms with van der Waals surface area (Å²) in [4.78, 5) is 1.75. The second-order valence-electron chi connectivity index (χ2n) is 4.84. The Morgan fingerprint density at radius 2 is 1.95 bits per heavy atom. The van der Waals surface area contributed by atoms with Crippen LogP contribution in [0.5, 0.6) is 0 Å². The summed E-state index contributed by atoms with van der Waals surface area (Å²) in [6.45, 7) is 3.75. The van der Waals surface area contributed by atoms with Crippen molar-refractivity contribution in [3.8, 4) is 11.8 Å². The van der Waals surface area contributed by atoms with Gasteiger partial charge in [-0.25, -0.2) is 8.78 Å². The number of likely N-dealkylation sites (N-methyl/N-ethyl adjacent to an activating group) is 1. The lowest BCUT2D eigenvalue weighted by Crippen LogP contribution is -2.41.